The second-order valence-electron chi connectivity index (χ2n) is 11.9. The molecule has 5 nitrogen and oxygen atoms in total. The molecule has 0 saturated heterocycles. The maximum Gasteiger partial charge on any atom is 0.394 e. The molecule has 0 rings (SSSR count). The minimum atomic E-state index is -4.67. The maximum absolute atomic E-state index is 8.74. The number of ether oxygens (including phenoxy) is 1. The van der Waals surface area contributed by atoms with Crippen molar-refractivity contribution in [2.24, 2.45) is 0 Å². The van der Waals surface area contributed by atoms with Crippen LogP contribution in [0.3, 0.4) is 0 Å². The number of unbranched alkanes of at least 4 members (excludes halogenated alkanes) is 24. The molecule has 0 aliphatic heterocycles. The summed E-state index contributed by atoms with van der Waals surface area (Å²) in [5.74, 6) is 0. The van der Waals surface area contributed by atoms with E-state index < -0.39 is 10.4 Å². The van der Waals surface area contributed by atoms with Crippen molar-refractivity contribution < 1.29 is 22.3 Å². The normalized spacial score (nSPS) is 11.9. The lowest BCUT2D eigenvalue weighted by Gasteiger charge is -2.05. The molecule has 0 aliphatic carbocycles. The first-order chi connectivity index (χ1) is 20.4. The topological polar surface area (TPSA) is 83.8 Å². The third kappa shape index (κ3) is 52.0. The van der Waals surface area contributed by atoms with Crippen LogP contribution < -0.4 is 0 Å². The van der Waals surface area contributed by atoms with Crippen LogP contribution >= 0.6 is 0 Å². The molecule has 0 saturated carbocycles. The summed E-state index contributed by atoms with van der Waals surface area (Å²) >= 11 is 0. The van der Waals surface area contributed by atoms with Gasteiger partial charge < -0.3 is 4.74 Å². The second kappa shape index (κ2) is 38.3. The van der Waals surface area contributed by atoms with Crippen LogP contribution in [0.1, 0.15) is 194 Å². The summed E-state index contributed by atoms with van der Waals surface area (Å²) in [5.41, 5.74) is 0. The summed E-state index contributed by atoms with van der Waals surface area (Å²) in [7, 11) is -4.67. The zero-order chi connectivity index (χ0) is 31.2. The molecule has 0 radical (unpaired) electrons. The van der Waals surface area contributed by atoms with Crippen LogP contribution in [-0.4, -0.2) is 30.7 Å². The van der Waals surface area contributed by atoms with Gasteiger partial charge in [-0.25, -0.2) is 0 Å². The van der Waals surface area contributed by atoms with E-state index in [0.717, 1.165) is 13.2 Å². The smallest absolute Gasteiger partial charge is 0.381 e. The average Bonchev–Trinajstić information content (AvgIpc) is 2.94. The van der Waals surface area contributed by atoms with E-state index in [4.69, 9.17) is 22.3 Å². The molecule has 0 aliphatic rings. The molecule has 0 heterocycles. The Hall–Kier alpha value is -0.690. The number of rotatable bonds is 32. The molecule has 42 heavy (non-hydrogen) atoms. The van der Waals surface area contributed by atoms with Gasteiger partial charge >= 0.3 is 10.4 Å². The fourth-order valence-corrected chi connectivity index (χ4v) is 5.01. The van der Waals surface area contributed by atoms with Crippen molar-refractivity contribution >= 4 is 10.4 Å². The van der Waals surface area contributed by atoms with E-state index in [1.807, 2.05) is 0 Å². The predicted octanol–water partition coefficient (Wildman–Crippen LogP) is 12.4. The highest BCUT2D eigenvalue weighted by atomic mass is 32.3. The average molecular weight is 617 g/mol. The minimum Gasteiger partial charge on any atom is -0.381 e. The van der Waals surface area contributed by atoms with Gasteiger partial charge in [-0.05, 0) is 64.2 Å². The Balaban J connectivity index is 0. The molecule has 0 fully saturated rings. The summed E-state index contributed by atoms with van der Waals surface area (Å²) in [6.45, 7) is 6.54. The quantitative estimate of drug-likeness (QED) is 0.0446. The van der Waals surface area contributed by atoms with Crippen molar-refractivity contribution in [2.45, 2.75) is 194 Å². The molecule has 0 spiro atoms. The van der Waals surface area contributed by atoms with E-state index in [2.05, 4.69) is 38.2 Å². The molecule has 0 amide bonds. The summed E-state index contributed by atoms with van der Waals surface area (Å²) in [5, 5.41) is 0. The van der Waals surface area contributed by atoms with Crippen LogP contribution in [0.25, 0.3) is 0 Å². The SMILES string of the molecule is CCCCCCCC/C=C\CCCCCCCCOCCCCCCCC/C=C\CCCCCCCC.O=S(=O)(O)O. The Kier molecular flexibility index (Phi) is 39.6. The maximum atomic E-state index is 8.74. The van der Waals surface area contributed by atoms with Crippen LogP contribution in [0.4, 0.5) is 0 Å². The third-order valence-corrected chi connectivity index (χ3v) is 7.60. The van der Waals surface area contributed by atoms with E-state index in [1.54, 1.807) is 0 Å². The van der Waals surface area contributed by atoms with Crippen LogP contribution in [0.2, 0.25) is 0 Å². The van der Waals surface area contributed by atoms with Crippen LogP contribution in [-0.2, 0) is 15.1 Å². The lowest BCUT2D eigenvalue weighted by Crippen LogP contribution is -1.97. The fourth-order valence-electron chi connectivity index (χ4n) is 5.01. The first-order valence-corrected chi connectivity index (χ1v) is 19.4. The standard InChI is InChI=1S/C36H70O.H2O4S/c1-3-5-7-9-11-13-15-17-19-21-23-25-27-29-31-33-35-37-36-34-32-30-28-26-24-22-20-18-16-14-12-10-8-6-4-2;1-5(2,3)4/h17-20H,3-16,21-36H2,1-2H3;(H2,1,2,3,4)/b19-17-,20-18-;. The van der Waals surface area contributed by atoms with Crippen molar-refractivity contribution in [3.8, 4) is 0 Å². The molecule has 0 aromatic heterocycles. The number of hydrogen-bond acceptors (Lipinski definition) is 3. The summed E-state index contributed by atoms with van der Waals surface area (Å²) in [4.78, 5) is 0. The largest absolute Gasteiger partial charge is 0.394 e. The van der Waals surface area contributed by atoms with Gasteiger partial charge in [-0.1, -0.05) is 154 Å². The van der Waals surface area contributed by atoms with Gasteiger partial charge in [0.1, 0.15) is 0 Å². The zero-order valence-electron chi connectivity index (χ0n) is 28.1. The highest BCUT2D eigenvalue weighted by Crippen LogP contribution is 2.12. The van der Waals surface area contributed by atoms with Gasteiger partial charge in [0.2, 0.25) is 0 Å². The molecule has 6 heteroatoms. The Bertz CT molecular complexity index is 597. The highest BCUT2D eigenvalue weighted by molar-refractivity contribution is 7.79. The lowest BCUT2D eigenvalue weighted by molar-refractivity contribution is 0.125. The van der Waals surface area contributed by atoms with Crippen molar-refractivity contribution in [3.05, 3.63) is 24.3 Å². The van der Waals surface area contributed by atoms with Gasteiger partial charge in [-0.15, -0.1) is 0 Å². The van der Waals surface area contributed by atoms with Crippen molar-refractivity contribution in [1.82, 2.24) is 0 Å². The molecule has 0 aromatic rings. The van der Waals surface area contributed by atoms with E-state index in [9.17, 15) is 0 Å². The van der Waals surface area contributed by atoms with Gasteiger partial charge in [0.25, 0.3) is 0 Å². The lowest BCUT2D eigenvalue weighted by atomic mass is 10.1. The molecule has 252 valence electrons. The monoisotopic (exact) mass is 617 g/mol. The fraction of sp³-hybridized carbons (Fsp3) is 0.889. The third-order valence-electron chi connectivity index (χ3n) is 7.60. The first-order valence-electron chi connectivity index (χ1n) is 18.0. The molecule has 0 bridgehead atoms. The second-order valence-corrected chi connectivity index (χ2v) is 12.8. The van der Waals surface area contributed by atoms with Gasteiger partial charge in [0.15, 0.2) is 0 Å². The molecule has 2 N–H and O–H groups in total. The Morgan fingerprint density at radius 3 is 0.881 bits per heavy atom. The number of allylic oxidation sites excluding steroid dienone is 4. The van der Waals surface area contributed by atoms with E-state index >= 15 is 0 Å². The van der Waals surface area contributed by atoms with Gasteiger partial charge in [-0.2, -0.15) is 8.42 Å². The Morgan fingerprint density at radius 1 is 0.405 bits per heavy atom. The number of hydrogen-bond donors (Lipinski definition) is 2. The van der Waals surface area contributed by atoms with Crippen LogP contribution in [0.5, 0.6) is 0 Å². The van der Waals surface area contributed by atoms with Crippen molar-refractivity contribution in [3.63, 3.8) is 0 Å². The minimum absolute atomic E-state index is 0.978. The van der Waals surface area contributed by atoms with Crippen LogP contribution in [0.15, 0.2) is 24.3 Å². The molecule has 0 aromatic carbocycles. The molecule has 0 atom stereocenters. The highest BCUT2D eigenvalue weighted by Gasteiger charge is 1.95. The Morgan fingerprint density at radius 2 is 0.619 bits per heavy atom. The first kappa shape index (κ1) is 43.4. The summed E-state index contributed by atoms with van der Waals surface area (Å²) < 4.78 is 37.4. The zero-order valence-corrected chi connectivity index (χ0v) is 28.9. The van der Waals surface area contributed by atoms with E-state index in [-0.39, 0.29) is 0 Å². The predicted molar refractivity (Wildman–Crippen MR) is 184 cm³/mol. The van der Waals surface area contributed by atoms with Gasteiger partial charge in [0, 0.05) is 13.2 Å². The van der Waals surface area contributed by atoms with E-state index in [0.29, 0.717) is 0 Å². The van der Waals surface area contributed by atoms with Gasteiger partial charge in [0.05, 0.1) is 0 Å². The van der Waals surface area contributed by atoms with Crippen LogP contribution in [0, 0.1) is 0 Å². The molecule has 0 unspecified atom stereocenters. The Labute approximate surface area is 263 Å². The summed E-state index contributed by atoms with van der Waals surface area (Å²) in [6.07, 6.45) is 48.1. The van der Waals surface area contributed by atoms with Crippen molar-refractivity contribution in [2.75, 3.05) is 13.2 Å². The summed E-state index contributed by atoms with van der Waals surface area (Å²) in [6, 6.07) is 0. The van der Waals surface area contributed by atoms with Crippen molar-refractivity contribution in [1.29, 1.82) is 0 Å². The molecular weight excluding hydrogens is 544 g/mol. The van der Waals surface area contributed by atoms with E-state index in [1.165, 1.54) is 180 Å². The molecular formula is C36H72O5S. The van der Waals surface area contributed by atoms with Gasteiger partial charge in [-0.3, -0.25) is 9.11 Å².